The van der Waals surface area contributed by atoms with Gasteiger partial charge >= 0.3 is 0 Å². The Labute approximate surface area is 176 Å². The van der Waals surface area contributed by atoms with Crippen molar-refractivity contribution in [1.82, 2.24) is 0 Å². The fourth-order valence-corrected chi connectivity index (χ4v) is 3.67. The Hall–Kier alpha value is -1.81. The molecule has 0 saturated carbocycles. The Balaban J connectivity index is 1.37. The minimum absolute atomic E-state index is 0.900. The van der Waals surface area contributed by atoms with E-state index in [1.54, 1.807) is 7.11 Å². The summed E-state index contributed by atoms with van der Waals surface area (Å²) in [4.78, 5) is 0. The molecule has 140 valence electrons. The molecule has 0 aliphatic rings. The molecular weight excluding hydrogens is 443 g/mol. The predicted octanol–water partition coefficient (Wildman–Crippen LogP) is 7.31. The second kappa shape index (κ2) is 10.5. The summed E-state index contributed by atoms with van der Waals surface area (Å²) in [7, 11) is 1.70. The molecule has 0 aliphatic carbocycles. The number of halogens is 1. The largest absolute Gasteiger partial charge is 0.497 e. The SMILES string of the molecule is COc1ccc(-c2ccc(CCCCCCc3ccc(I)cc3)cc2)cc1. The normalized spacial score (nSPS) is 10.7. The molecule has 1 nitrogen and oxygen atoms in total. The molecule has 0 N–H and O–H groups in total. The van der Waals surface area contributed by atoms with Crippen molar-refractivity contribution in [3.05, 3.63) is 87.5 Å². The summed E-state index contributed by atoms with van der Waals surface area (Å²) in [6.45, 7) is 0. The number of methoxy groups -OCH3 is 1. The Morgan fingerprint density at radius 3 is 1.52 bits per heavy atom. The lowest BCUT2D eigenvalue weighted by atomic mass is 10.0. The Morgan fingerprint density at radius 2 is 1.04 bits per heavy atom. The van der Waals surface area contributed by atoms with Gasteiger partial charge in [-0.05, 0) is 94.8 Å². The third-order valence-electron chi connectivity index (χ3n) is 4.97. The van der Waals surface area contributed by atoms with Gasteiger partial charge in [-0.3, -0.25) is 0 Å². The van der Waals surface area contributed by atoms with Gasteiger partial charge < -0.3 is 4.74 Å². The van der Waals surface area contributed by atoms with E-state index in [-0.39, 0.29) is 0 Å². The predicted molar refractivity (Wildman–Crippen MR) is 123 cm³/mol. The highest BCUT2D eigenvalue weighted by molar-refractivity contribution is 14.1. The summed E-state index contributed by atoms with van der Waals surface area (Å²) < 4.78 is 6.54. The highest BCUT2D eigenvalue weighted by atomic mass is 127. The average Bonchev–Trinajstić information content (AvgIpc) is 2.72. The summed E-state index contributed by atoms with van der Waals surface area (Å²) in [5.74, 6) is 0.900. The van der Waals surface area contributed by atoms with Gasteiger partial charge in [0.25, 0.3) is 0 Å². The van der Waals surface area contributed by atoms with Gasteiger partial charge in [-0.2, -0.15) is 0 Å². The summed E-state index contributed by atoms with van der Waals surface area (Å²) >= 11 is 2.36. The maximum Gasteiger partial charge on any atom is 0.118 e. The molecule has 0 fully saturated rings. The molecule has 0 radical (unpaired) electrons. The third kappa shape index (κ3) is 6.39. The van der Waals surface area contributed by atoms with Crippen molar-refractivity contribution in [3.63, 3.8) is 0 Å². The zero-order chi connectivity index (χ0) is 18.9. The molecule has 3 aromatic rings. The molecule has 0 bridgehead atoms. The zero-order valence-electron chi connectivity index (χ0n) is 16.0. The van der Waals surface area contributed by atoms with Crippen molar-refractivity contribution < 1.29 is 4.74 Å². The van der Waals surface area contributed by atoms with Crippen LogP contribution in [0.25, 0.3) is 11.1 Å². The summed E-state index contributed by atoms with van der Waals surface area (Å²) in [5.41, 5.74) is 5.39. The molecule has 0 aromatic heterocycles. The van der Waals surface area contributed by atoms with Gasteiger partial charge in [-0.1, -0.05) is 61.4 Å². The molecule has 0 heterocycles. The first-order valence-electron chi connectivity index (χ1n) is 9.72. The van der Waals surface area contributed by atoms with Crippen molar-refractivity contribution in [2.75, 3.05) is 7.11 Å². The fourth-order valence-electron chi connectivity index (χ4n) is 3.31. The van der Waals surface area contributed by atoms with E-state index in [1.165, 1.54) is 64.3 Å². The van der Waals surface area contributed by atoms with Crippen LogP contribution in [0.2, 0.25) is 0 Å². The van der Waals surface area contributed by atoms with E-state index in [1.807, 2.05) is 12.1 Å². The molecule has 0 saturated heterocycles. The molecule has 27 heavy (non-hydrogen) atoms. The second-order valence-corrected chi connectivity index (χ2v) is 8.21. The molecule has 3 aromatic carbocycles. The minimum atomic E-state index is 0.900. The lowest BCUT2D eigenvalue weighted by Gasteiger charge is -2.06. The van der Waals surface area contributed by atoms with Gasteiger partial charge in [0, 0.05) is 3.57 Å². The van der Waals surface area contributed by atoms with Crippen LogP contribution in [0.1, 0.15) is 36.8 Å². The number of ether oxygens (including phenoxy) is 1. The van der Waals surface area contributed by atoms with Gasteiger partial charge in [0.15, 0.2) is 0 Å². The van der Waals surface area contributed by atoms with Crippen LogP contribution in [0.4, 0.5) is 0 Å². The molecule has 0 aliphatic heterocycles. The van der Waals surface area contributed by atoms with Gasteiger partial charge in [-0.15, -0.1) is 0 Å². The van der Waals surface area contributed by atoms with Gasteiger partial charge in [0.2, 0.25) is 0 Å². The average molecular weight is 470 g/mol. The van der Waals surface area contributed by atoms with E-state index in [2.05, 4.69) is 83.3 Å². The van der Waals surface area contributed by atoms with Crippen molar-refractivity contribution in [2.45, 2.75) is 38.5 Å². The van der Waals surface area contributed by atoms with Crippen molar-refractivity contribution in [1.29, 1.82) is 0 Å². The maximum atomic E-state index is 5.23. The molecule has 0 amide bonds. The van der Waals surface area contributed by atoms with E-state index in [9.17, 15) is 0 Å². The minimum Gasteiger partial charge on any atom is -0.497 e. The standard InChI is InChI=1S/C25H27IO/c1-27-25-18-14-23(15-19-25)22-12-8-20(9-13-22)6-4-2-3-5-7-21-10-16-24(26)17-11-21/h8-19H,2-7H2,1H3. The molecule has 2 heteroatoms. The summed E-state index contributed by atoms with van der Waals surface area (Å²) in [6, 6.07) is 26.2. The van der Waals surface area contributed by atoms with Gasteiger partial charge in [-0.25, -0.2) is 0 Å². The van der Waals surface area contributed by atoms with E-state index in [0.717, 1.165) is 5.75 Å². The van der Waals surface area contributed by atoms with E-state index < -0.39 is 0 Å². The number of rotatable bonds is 9. The van der Waals surface area contributed by atoms with Crippen molar-refractivity contribution >= 4 is 22.6 Å². The quantitative estimate of drug-likeness (QED) is 0.235. The maximum absolute atomic E-state index is 5.23. The van der Waals surface area contributed by atoms with Crippen LogP contribution in [-0.2, 0) is 12.8 Å². The van der Waals surface area contributed by atoms with Crippen molar-refractivity contribution in [3.8, 4) is 16.9 Å². The number of hydrogen-bond acceptors (Lipinski definition) is 1. The van der Waals surface area contributed by atoms with E-state index >= 15 is 0 Å². The molecule has 0 unspecified atom stereocenters. The highest BCUT2D eigenvalue weighted by Crippen LogP contribution is 2.23. The monoisotopic (exact) mass is 470 g/mol. The van der Waals surface area contributed by atoms with Crippen LogP contribution >= 0.6 is 22.6 Å². The van der Waals surface area contributed by atoms with Crippen molar-refractivity contribution in [2.24, 2.45) is 0 Å². The van der Waals surface area contributed by atoms with Crippen LogP contribution in [0.3, 0.4) is 0 Å². The Morgan fingerprint density at radius 1 is 0.593 bits per heavy atom. The first kappa shape index (κ1) is 19.9. The van der Waals surface area contributed by atoms with Crippen LogP contribution < -0.4 is 4.74 Å². The highest BCUT2D eigenvalue weighted by Gasteiger charge is 2.00. The second-order valence-electron chi connectivity index (χ2n) is 6.97. The molecular formula is C25H27IO. The van der Waals surface area contributed by atoms with Crippen LogP contribution in [0, 0.1) is 3.57 Å². The number of aryl methyl sites for hydroxylation is 2. The lowest BCUT2D eigenvalue weighted by molar-refractivity contribution is 0.415. The summed E-state index contributed by atoms with van der Waals surface area (Å²) in [6.07, 6.45) is 7.56. The smallest absolute Gasteiger partial charge is 0.118 e. The third-order valence-corrected chi connectivity index (χ3v) is 5.69. The van der Waals surface area contributed by atoms with Crippen LogP contribution in [0.5, 0.6) is 5.75 Å². The van der Waals surface area contributed by atoms with E-state index in [0.29, 0.717) is 0 Å². The molecule has 0 spiro atoms. The van der Waals surface area contributed by atoms with E-state index in [4.69, 9.17) is 4.74 Å². The number of benzene rings is 3. The Bertz CT molecular complexity index is 804. The van der Waals surface area contributed by atoms with Crippen LogP contribution in [0.15, 0.2) is 72.8 Å². The first-order chi connectivity index (χ1) is 13.2. The number of unbranched alkanes of at least 4 members (excludes halogenated alkanes) is 3. The topological polar surface area (TPSA) is 9.23 Å². The summed E-state index contributed by atoms with van der Waals surface area (Å²) in [5, 5.41) is 0. The molecule has 3 rings (SSSR count). The Kier molecular flexibility index (Phi) is 7.76. The van der Waals surface area contributed by atoms with Gasteiger partial charge in [0.05, 0.1) is 7.11 Å². The zero-order valence-corrected chi connectivity index (χ0v) is 18.1. The lowest BCUT2D eigenvalue weighted by Crippen LogP contribution is -1.89. The van der Waals surface area contributed by atoms with Crippen LogP contribution in [-0.4, -0.2) is 7.11 Å². The fraction of sp³-hybridized carbons (Fsp3) is 0.280. The van der Waals surface area contributed by atoms with Gasteiger partial charge in [0.1, 0.15) is 5.75 Å². The number of hydrogen-bond donors (Lipinski definition) is 0. The molecule has 0 atom stereocenters. The first-order valence-corrected chi connectivity index (χ1v) is 10.8.